The lowest BCUT2D eigenvalue weighted by Gasteiger charge is -2.21. The summed E-state index contributed by atoms with van der Waals surface area (Å²) in [6, 6.07) is 5.50. The highest BCUT2D eigenvalue weighted by Gasteiger charge is 2.42. The summed E-state index contributed by atoms with van der Waals surface area (Å²) in [6.07, 6.45) is -0.626. The van der Waals surface area contributed by atoms with Crippen LogP contribution >= 0.6 is 0 Å². The van der Waals surface area contributed by atoms with Gasteiger partial charge in [-0.2, -0.15) is 0 Å². The summed E-state index contributed by atoms with van der Waals surface area (Å²) in [5, 5.41) is 12.4. The van der Waals surface area contributed by atoms with Gasteiger partial charge in [-0.3, -0.25) is 0 Å². The minimum atomic E-state index is -4.76. The Morgan fingerprint density at radius 1 is 1.23 bits per heavy atom. The number of hydrogen-bond acceptors (Lipinski definition) is 4. The molecule has 2 N–H and O–H groups in total. The largest absolute Gasteiger partial charge is 0.573 e. The zero-order valence-electron chi connectivity index (χ0n) is 13.5. The molecule has 1 heterocycles. The number of ether oxygens (including phenoxy) is 1. The van der Waals surface area contributed by atoms with Crippen LogP contribution in [0.4, 0.5) is 24.7 Å². The van der Waals surface area contributed by atoms with E-state index in [9.17, 15) is 23.1 Å². The number of carboxylic acids is 1. The van der Waals surface area contributed by atoms with Crippen molar-refractivity contribution in [2.75, 3.05) is 5.32 Å². The van der Waals surface area contributed by atoms with Gasteiger partial charge in [-0.05, 0) is 48.8 Å². The lowest BCUT2D eigenvalue weighted by Crippen LogP contribution is -2.17. The lowest BCUT2D eigenvalue weighted by molar-refractivity contribution is -0.274. The molecule has 0 radical (unpaired) electrons. The molecule has 26 heavy (non-hydrogen) atoms. The zero-order chi connectivity index (χ0) is 18.5. The molecule has 1 aromatic carbocycles. The minimum absolute atomic E-state index is 0.213. The quantitative estimate of drug-likeness (QED) is 0.816. The van der Waals surface area contributed by atoms with Crippen LogP contribution in [0.25, 0.3) is 0 Å². The molecule has 1 saturated carbocycles. The molecule has 2 aromatic rings. The number of anilines is 2. The third-order valence-corrected chi connectivity index (χ3v) is 4.97. The molecule has 8 heteroatoms. The Morgan fingerprint density at radius 3 is 2.65 bits per heavy atom. The van der Waals surface area contributed by atoms with Crippen LogP contribution in [0, 0.1) is 0 Å². The number of carboxylic acid groups (broad SMARTS) is 1. The predicted molar refractivity (Wildman–Crippen MR) is 86.9 cm³/mol. The number of aromatic nitrogens is 1. The number of hydrogen-bond donors (Lipinski definition) is 2. The summed E-state index contributed by atoms with van der Waals surface area (Å²) >= 11 is 0. The van der Waals surface area contributed by atoms with Crippen LogP contribution in [-0.2, 0) is 0 Å². The van der Waals surface area contributed by atoms with Crippen LogP contribution in [-0.4, -0.2) is 22.4 Å². The zero-order valence-corrected chi connectivity index (χ0v) is 13.5. The molecule has 2 aliphatic carbocycles. The van der Waals surface area contributed by atoms with Gasteiger partial charge in [0, 0.05) is 23.5 Å². The van der Waals surface area contributed by atoms with E-state index in [4.69, 9.17) is 0 Å². The number of nitrogens with zero attached hydrogens (tertiary/aromatic N) is 1. The van der Waals surface area contributed by atoms with Gasteiger partial charge in [-0.25, -0.2) is 9.78 Å². The van der Waals surface area contributed by atoms with Crippen LogP contribution in [0.5, 0.6) is 5.75 Å². The molecule has 0 spiro atoms. The van der Waals surface area contributed by atoms with Crippen molar-refractivity contribution < 1.29 is 27.8 Å². The van der Waals surface area contributed by atoms with Crippen molar-refractivity contribution in [1.29, 1.82) is 0 Å². The number of rotatable bonds is 4. The monoisotopic (exact) mass is 364 g/mol. The van der Waals surface area contributed by atoms with Crippen LogP contribution in [0.2, 0.25) is 0 Å². The van der Waals surface area contributed by atoms with E-state index >= 15 is 0 Å². The average Bonchev–Trinajstić information content (AvgIpc) is 3.15. The maximum absolute atomic E-state index is 12.4. The van der Waals surface area contributed by atoms with Crippen molar-refractivity contribution in [1.82, 2.24) is 4.98 Å². The van der Waals surface area contributed by atoms with Crippen molar-refractivity contribution in [2.24, 2.45) is 0 Å². The summed E-state index contributed by atoms with van der Waals surface area (Å²) in [7, 11) is 0. The fraction of sp³-hybridized carbons (Fsp3) is 0.333. The third kappa shape index (κ3) is 2.95. The number of benzene rings is 1. The minimum Gasteiger partial charge on any atom is -0.478 e. The van der Waals surface area contributed by atoms with E-state index in [1.807, 2.05) is 0 Å². The second-order valence-corrected chi connectivity index (χ2v) is 6.56. The molecule has 5 nitrogen and oxygen atoms in total. The highest BCUT2D eigenvalue weighted by Crippen LogP contribution is 2.56. The van der Waals surface area contributed by atoms with Crippen LogP contribution in [0.1, 0.15) is 52.6 Å². The first-order valence-corrected chi connectivity index (χ1v) is 8.21. The van der Waals surface area contributed by atoms with Gasteiger partial charge in [-0.15, -0.1) is 13.2 Å². The van der Waals surface area contributed by atoms with Crippen molar-refractivity contribution in [3.05, 3.63) is 47.2 Å². The molecule has 2 bridgehead atoms. The number of nitrogens with one attached hydrogen (secondary N) is 1. The lowest BCUT2D eigenvalue weighted by atomic mass is 9.89. The number of carbonyl (C=O) groups is 1. The number of fused-ring (bicyclic) bond motifs is 5. The third-order valence-electron chi connectivity index (χ3n) is 4.97. The van der Waals surface area contributed by atoms with Crippen molar-refractivity contribution in [3.63, 3.8) is 0 Å². The van der Waals surface area contributed by atoms with E-state index in [1.165, 1.54) is 24.4 Å². The van der Waals surface area contributed by atoms with Gasteiger partial charge in [0.25, 0.3) is 0 Å². The Kier molecular flexibility index (Phi) is 3.78. The molecule has 0 amide bonds. The average molecular weight is 364 g/mol. The van der Waals surface area contributed by atoms with Gasteiger partial charge in [0.2, 0.25) is 0 Å². The van der Waals surface area contributed by atoms with E-state index in [0.717, 1.165) is 30.4 Å². The van der Waals surface area contributed by atoms with Gasteiger partial charge >= 0.3 is 12.3 Å². The van der Waals surface area contributed by atoms with Gasteiger partial charge < -0.3 is 15.2 Å². The van der Waals surface area contributed by atoms with Gasteiger partial charge in [0.1, 0.15) is 11.6 Å². The molecular formula is C18H15F3N2O3. The fourth-order valence-electron chi connectivity index (χ4n) is 4.08. The molecule has 4 rings (SSSR count). The molecule has 1 fully saturated rings. The highest BCUT2D eigenvalue weighted by atomic mass is 19.4. The van der Waals surface area contributed by atoms with Gasteiger partial charge in [0.15, 0.2) is 0 Å². The second kappa shape index (κ2) is 5.89. The first kappa shape index (κ1) is 16.7. The number of halogens is 3. The number of alkyl halides is 3. The van der Waals surface area contributed by atoms with E-state index in [-0.39, 0.29) is 23.1 Å². The summed E-state index contributed by atoms with van der Waals surface area (Å²) in [6.45, 7) is 0. The second-order valence-electron chi connectivity index (χ2n) is 6.56. The maximum atomic E-state index is 12.4. The van der Waals surface area contributed by atoms with Crippen LogP contribution in [0.15, 0.2) is 30.5 Å². The first-order chi connectivity index (χ1) is 12.3. The Hall–Kier alpha value is -2.77. The molecule has 136 valence electrons. The van der Waals surface area contributed by atoms with Crippen LogP contribution < -0.4 is 10.1 Å². The van der Waals surface area contributed by atoms with E-state index in [1.54, 1.807) is 6.07 Å². The first-order valence-electron chi connectivity index (χ1n) is 8.21. The van der Waals surface area contributed by atoms with Gasteiger partial charge in [0.05, 0.1) is 5.56 Å². The standard InChI is InChI=1S/C18H15F3N2O3/c19-18(20,21)26-12-3-1-2-11(7-12)23-16-15-10-5-4-9(6-10)14(15)13(8-22-16)17(24)25/h1-3,7-10H,4-6H2,(H,22,23)(H,24,25). The molecule has 2 unspecified atom stereocenters. The molecular weight excluding hydrogens is 349 g/mol. The Bertz CT molecular complexity index is 882. The molecule has 1 aromatic heterocycles. The number of pyridine rings is 1. The summed E-state index contributed by atoms with van der Waals surface area (Å²) < 4.78 is 41.1. The predicted octanol–water partition coefficient (Wildman–Crippen LogP) is 4.79. The normalized spacial score (nSPS) is 20.7. The maximum Gasteiger partial charge on any atom is 0.573 e. The summed E-state index contributed by atoms with van der Waals surface area (Å²) in [4.78, 5) is 15.7. The summed E-state index contributed by atoms with van der Waals surface area (Å²) in [5.41, 5.74) is 2.30. The van der Waals surface area contributed by atoms with Crippen molar-refractivity contribution in [2.45, 2.75) is 37.5 Å². The molecule has 0 aliphatic heterocycles. The molecule has 2 aliphatic rings. The molecule has 2 atom stereocenters. The Labute approximate surface area is 146 Å². The highest BCUT2D eigenvalue weighted by molar-refractivity contribution is 5.91. The molecule has 0 saturated heterocycles. The van der Waals surface area contributed by atoms with Crippen molar-refractivity contribution in [3.8, 4) is 5.75 Å². The SMILES string of the molecule is O=C(O)c1cnc(Nc2cccc(OC(F)(F)F)c2)c2c1C1CCC2C1. The smallest absolute Gasteiger partial charge is 0.478 e. The van der Waals surface area contributed by atoms with Crippen LogP contribution in [0.3, 0.4) is 0 Å². The van der Waals surface area contributed by atoms with Crippen molar-refractivity contribution >= 4 is 17.5 Å². The number of aromatic carboxylic acids is 1. The summed E-state index contributed by atoms with van der Waals surface area (Å²) in [5.74, 6) is -0.388. The van der Waals surface area contributed by atoms with E-state index < -0.39 is 12.3 Å². The van der Waals surface area contributed by atoms with E-state index in [0.29, 0.717) is 11.5 Å². The Morgan fingerprint density at radius 2 is 1.96 bits per heavy atom. The topological polar surface area (TPSA) is 71.5 Å². The van der Waals surface area contributed by atoms with E-state index in [2.05, 4.69) is 15.0 Å². The fourth-order valence-corrected chi connectivity index (χ4v) is 4.08. The van der Waals surface area contributed by atoms with Gasteiger partial charge in [-0.1, -0.05) is 6.07 Å². The Balaban J connectivity index is 1.68.